The number of hydrogen-bond acceptors (Lipinski definition) is 0. The van der Waals surface area contributed by atoms with Crippen molar-refractivity contribution in [1.82, 2.24) is 0 Å². The summed E-state index contributed by atoms with van der Waals surface area (Å²) in [6.07, 6.45) is 11.5. The Labute approximate surface area is 671 Å². The van der Waals surface area contributed by atoms with Crippen LogP contribution in [0.3, 0.4) is 0 Å². The molecule has 458 valence electrons. The molecular weight excluding hydrogens is 1370 g/mol. The lowest BCUT2D eigenvalue weighted by Crippen LogP contribution is -1.57. The van der Waals surface area contributed by atoms with E-state index in [9.17, 15) is 0 Å². The molecule has 0 unspecified atom stereocenters. The maximum Gasteiger partial charge on any atom is 0 e. The van der Waals surface area contributed by atoms with Crippen LogP contribution in [0.1, 0.15) is 0 Å². The molecule has 0 heterocycles. The number of terminal acetylenes is 1. The summed E-state index contributed by atoms with van der Waals surface area (Å²) >= 11 is 0. The van der Waals surface area contributed by atoms with Gasteiger partial charge in [0.05, 0.1) is 0 Å². The molecule has 0 saturated heterocycles. The van der Waals surface area contributed by atoms with Gasteiger partial charge in [0.1, 0.15) is 0 Å². The molecule has 0 rings (SSSR count). The van der Waals surface area contributed by atoms with Gasteiger partial charge in [0.2, 0.25) is 0 Å². The van der Waals surface area contributed by atoms with Crippen LogP contribution in [-0.4, -0.2) is 0 Å². The molecule has 0 spiro atoms. The molecule has 0 N–H and O–H groups in total. The highest BCUT2D eigenvalue weighted by Gasteiger charge is 1.68. The predicted molar refractivity (Wildman–Crippen MR) is 444 cm³/mol. The van der Waals surface area contributed by atoms with E-state index < -0.39 is 0 Å². The monoisotopic (exact) mass is 1370 g/mol. The van der Waals surface area contributed by atoms with E-state index in [1.165, 1.54) is 0 Å². The normalized spacial score (nSPS) is 3.95. The summed E-state index contributed by atoms with van der Waals surface area (Å²) in [6, 6.07) is 0. The van der Waals surface area contributed by atoms with Crippen LogP contribution in [0.2, 0.25) is 0 Å². The Bertz CT molecular complexity index is 7650. The van der Waals surface area contributed by atoms with Gasteiger partial charge in [-0.25, -0.2) is 5.92 Å². The molecular formula is C114H-. The zero-order valence-corrected chi connectivity index (χ0v) is 57.1. The molecule has 0 fully saturated rings. The van der Waals surface area contributed by atoms with Crippen LogP contribution in [0.4, 0.5) is 0 Å². The maximum atomic E-state index is 6.59. The van der Waals surface area contributed by atoms with E-state index in [0.717, 1.165) is 0 Å². The molecule has 0 aliphatic heterocycles. The zero-order valence-electron chi connectivity index (χ0n) is 57.1. The van der Waals surface area contributed by atoms with Crippen molar-refractivity contribution in [1.29, 1.82) is 0 Å². The summed E-state index contributed by atoms with van der Waals surface area (Å²) in [7, 11) is 0. The van der Waals surface area contributed by atoms with Gasteiger partial charge in [-0.1, -0.05) is 0 Å². The second-order valence-corrected chi connectivity index (χ2v) is 14.0. The first-order valence-electron chi connectivity index (χ1n) is 28.3. The fourth-order valence-electron chi connectivity index (χ4n) is 3.44. The van der Waals surface area contributed by atoms with Crippen molar-refractivity contribution in [2.45, 2.75) is 0 Å². The second-order valence-electron chi connectivity index (χ2n) is 14.0. The van der Waals surface area contributed by atoms with Gasteiger partial charge in [0, 0.05) is 551 Å². The van der Waals surface area contributed by atoms with Crippen LogP contribution in [0, 0.1) is 676 Å². The Morgan fingerprint density at radius 3 is 0.158 bits per heavy atom. The Balaban J connectivity index is 4.65. The van der Waals surface area contributed by atoms with E-state index in [4.69, 9.17) is 12.8 Å². The third-order valence-electron chi connectivity index (χ3n) is 6.95. The van der Waals surface area contributed by atoms with Crippen molar-refractivity contribution in [3.63, 3.8) is 0 Å². The summed E-state index contributed by atoms with van der Waals surface area (Å²) in [5.74, 6) is 277. The molecule has 0 aromatic heterocycles. The highest BCUT2D eigenvalue weighted by Crippen LogP contribution is 1.69. The molecule has 0 aromatic rings. The summed E-state index contributed by atoms with van der Waals surface area (Å²) in [5.41, 5.74) is 0. The first kappa shape index (κ1) is 88.9. The van der Waals surface area contributed by atoms with Gasteiger partial charge < -0.3 is 6.42 Å². The maximum absolute atomic E-state index is 6.59. The highest BCUT2D eigenvalue weighted by atomic mass is 13.7. The first-order chi connectivity index (χ1) is 56.9. The summed E-state index contributed by atoms with van der Waals surface area (Å²) in [6.45, 7) is 0. The van der Waals surface area contributed by atoms with E-state index in [1.807, 2.05) is 5.92 Å². The summed E-state index contributed by atoms with van der Waals surface area (Å²) < 4.78 is 0. The Morgan fingerprint density at radius 1 is 0.0702 bits per heavy atom. The van der Waals surface area contributed by atoms with E-state index in [2.05, 4.69) is 657 Å². The minimum atomic E-state index is 1.87. The average Bonchev–Trinajstić information content (AvgIpc) is 2.83. The second kappa shape index (κ2) is 87.9. The van der Waals surface area contributed by atoms with Crippen LogP contribution >= 0.6 is 0 Å². The SMILES string of the molecule is [C-]#CC#CC#CC#CC#CC#CC#CC#CC#CC#CC#CC#CC#CC#CC#CC#CC#CC#CC#CC#CC#CC#CC#CC#CC#CC#CC#CC#CC#CC#CC#CC#CC#CC#CC#CC#CC#CC#CC#CC#CC#CC#CC#CC#CC#CC#CC#CC#CC#CC#CC#CC#CC#CC#CC#CC#CC#C. The van der Waals surface area contributed by atoms with Crippen molar-refractivity contribution in [2.24, 2.45) is 0 Å². The third kappa shape index (κ3) is 86.9. The van der Waals surface area contributed by atoms with Crippen LogP contribution in [0.25, 0.3) is 0 Å². The topological polar surface area (TPSA) is 0 Å². The lowest BCUT2D eigenvalue weighted by molar-refractivity contribution is 2.31. The fourth-order valence-corrected chi connectivity index (χ4v) is 3.44. The van der Waals surface area contributed by atoms with Crippen molar-refractivity contribution in [3.05, 3.63) is 6.42 Å². The lowest BCUT2D eigenvalue weighted by Gasteiger charge is -1.63. The number of hydrogen-bond donors (Lipinski definition) is 0. The van der Waals surface area contributed by atoms with Gasteiger partial charge in [-0.2, -0.15) is 0 Å². The fraction of sp³-hybridized carbons (Fsp3) is 0. The van der Waals surface area contributed by atoms with Gasteiger partial charge in [-0.05, 0) is 94.7 Å². The smallest absolute Gasteiger partial charge is 0 e. The van der Waals surface area contributed by atoms with Gasteiger partial charge in [0.15, 0.2) is 0 Å². The number of rotatable bonds is 0. The van der Waals surface area contributed by atoms with Crippen molar-refractivity contribution < 1.29 is 0 Å². The van der Waals surface area contributed by atoms with E-state index >= 15 is 0 Å². The molecule has 0 bridgehead atoms. The quantitative estimate of drug-likeness (QED) is 0.244. The molecule has 0 saturated carbocycles. The van der Waals surface area contributed by atoms with Crippen molar-refractivity contribution in [3.8, 4) is 670 Å². The minimum Gasteiger partial charge on any atom is -0.358 e. The Morgan fingerprint density at radius 2 is 0.114 bits per heavy atom. The van der Waals surface area contributed by atoms with E-state index in [0.29, 0.717) is 0 Å². The molecule has 0 aromatic carbocycles. The highest BCUT2D eigenvalue weighted by molar-refractivity contribution is 5.57. The molecule has 0 aliphatic rings. The molecule has 114 heavy (non-hydrogen) atoms. The van der Waals surface area contributed by atoms with E-state index in [-0.39, 0.29) is 0 Å². The minimum absolute atomic E-state index is 1.87. The van der Waals surface area contributed by atoms with Crippen molar-refractivity contribution in [2.75, 3.05) is 0 Å². The first-order valence-corrected chi connectivity index (χ1v) is 28.3. The van der Waals surface area contributed by atoms with Crippen LogP contribution in [0.5, 0.6) is 0 Å². The summed E-state index contributed by atoms with van der Waals surface area (Å²) in [5, 5.41) is 0. The standard InChI is InChI=1S/C114H/c1-3-5-7-9-11-13-15-17-19-21-23-25-27-29-31-33-35-37-39-41-43-45-47-49-51-53-55-57-59-61-63-65-67-69-71-73-75-77-79-81-83-85-87-89-91-93-95-97-99-101-103-105-107-109-111-113-114-112-110-108-106-104-102-100-98-96-94-92-90-88-86-84-82-80-78-76-74-72-70-68-66-64-62-60-58-56-54-52-50-48-46-44-42-40-38-36-34-32-30-28-26-24-22-20-18-16-14-12-10-8-6-4-2/h1H/q-1. The molecule has 0 nitrogen and oxygen atoms in total. The van der Waals surface area contributed by atoms with Crippen LogP contribution in [0.15, 0.2) is 0 Å². The molecule has 0 heteroatoms. The van der Waals surface area contributed by atoms with Crippen LogP contribution < -0.4 is 0 Å². The Hall–Kier alpha value is -25.1. The Kier molecular flexibility index (Phi) is 68.6. The molecule has 0 atom stereocenters. The lowest BCUT2D eigenvalue weighted by atomic mass is 10.4. The van der Waals surface area contributed by atoms with Crippen LogP contribution in [-0.2, 0) is 0 Å². The molecule has 0 aliphatic carbocycles. The van der Waals surface area contributed by atoms with Gasteiger partial charge in [-0.3, -0.25) is 5.92 Å². The van der Waals surface area contributed by atoms with E-state index in [1.54, 1.807) is 0 Å². The van der Waals surface area contributed by atoms with Gasteiger partial charge in [-0.15, -0.1) is 12.3 Å². The third-order valence-corrected chi connectivity index (χ3v) is 6.95. The zero-order chi connectivity index (χ0) is 81.2. The largest absolute Gasteiger partial charge is 0.358 e. The predicted octanol–water partition coefficient (Wildman–Crippen LogP) is 0.396. The molecule has 0 radical (unpaired) electrons. The molecule has 0 amide bonds. The van der Waals surface area contributed by atoms with Gasteiger partial charge >= 0.3 is 0 Å². The van der Waals surface area contributed by atoms with Gasteiger partial charge in [0.25, 0.3) is 0 Å². The van der Waals surface area contributed by atoms with Crippen molar-refractivity contribution >= 4 is 0 Å². The summed E-state index contributed by atoms with van der Waals surface area (Å²) in [4.78, 5) is 0. The average molecular weight is 1370 g/mol.